The number of aromatic nitrogens is 3. The second-order valence-corrected chi connectivity index (χ2v) is 10.0. The Morgan fingerprint density at radius 2 is 1.93 bits per heavy atom. The van der Waals surface area contributed by atoms with E-state index in [4.69, 9.17) is 9.47 Å². The maximum atomic E-state index is 14.2. The molecule has 9 nitrogen and oxygen atoms in total. The van der Waals surface area contributed by atoms with Gasteiger partial charge in [0.2, 0.25) is 0 Å². The van der Waals surface area contributed by atoms with Gasteiger partial charge < -0.3 is 24.6 Å². The summed E-state index contributed by atoms with van der Waals surface area (Å²) in [6.07, 6.45) is 3.40. The highest BCUT2D eigenvalue weighted by atomic mass is 19.3. The minimum absolute atomic E-state index is 0.0210. The zero-order chi connectivity index (χ0) is 28.2. The fourth-order valence-corrected chi connectivity index (χ4v) is 4.97. The number of carbonyl (C=O) groups is 1. The summed E-state index contributed by atoms with van der Waals surface area (Å²) in [6.45, 7) is 5.21. The summed E-state index contributed by atoms with van der Waals surface area (Å²) in [5.41, 5.74) is 1.96. The third kappa shape index (κ3) is 6.11. The van der Waals surface area contributed by atoms with E-state index < -0.39 is 30.7 Å². The first-order chi connectivity index (χ1) is 19.3. The number of carbonyl (C=O) groups excluding carboxylic acids is 1. The molecule has 1 amide bonds. The van der Waals surface area contributed by atoms with Crippen LogP contribution in [0.25, 0.3) is 0 Å². The number of nitrogens with zero attached hydrogens (tertiary/aromatic N) is 5. The van der Waals surface area contributed by atoms with Crippen LogP contribution in [0.1, 0.15) is 48.3 Å². The van der Waals surface area contributed by atoms with Crippen molar-refractivity contribution in [1.82, 2.24) is 25.2 Å². The average Bonchev–Trinajstić information content (AvgIpc) is 3.43. The van der Waals surface area contributed by atoms with Crippen molar-refractivity contribution >= 4 is 11.7 Å². The van der Waals surface area contributed by atoms with Crippen LogP contribution in [0.2, 0.25) is 0 Å². The van der Waals surface area contributed by atoms with Gasteiger partial charge >= 0.3 is 0 Å². The van der Waals surface area contributed by atoms with Gasteiger partial charge in [-0.15, -0.1) is 0 Å². The van der Waals surface area contributed by atoms with E-state index in [9.17, 15) is 18.0 Å². The van der Waals surface area contributed by atoms with E-state index in [2.05, 4.69) is 20.3 Å². The van der Waals surface area contributed by atoms with Gasteiger partial charge in [0.1, 0.15) is 29.7 Å². The first-order valence-corrected chi connectivity index (χ1v) is 13.3. The summed E-state index contributed by atoms with van der Waals surface area (Å²) >= 11 is 0. The second kappa shape index (κ2) is 12.1. The molecule has 2 aromatic heterocycles. The number of fused-ring (bicyclic) bond motifs is 1. The Kier molecular flexibility index (Phi) is 8.34. The van der Waals surface area contributed by atoms with Crippen molar-refractivity contribution in [3.05, 3.63) is 65.6 Å². The lowest BCUT2D eigenvalue weighted by atomic mass is 10.1. The summed E-state index contributed by atoms with van der Waals surface area (Å²) in [6, 6.07) is 4.83. The van der Waals surface area contributed by atoms with E-state index in [1.807, 2.05) is 11.0 Å². The van der Waals surface area contributed by atoms with Crippen molar-refractivity contribution in [2.75, 3.05) is 24.5 Å². The largest absolute Gasteiger partial charge is 0.490 e. The van der Waals surface area contributed by atoms with Crippen LogP contribution >= 0.6 is 0 Å². The molecule has 40 heavy (non-hydrogen) atoms. The van der Waals surface area contributed by atoms with Gasteiger partial charge in [0, 0.05) is 56.8 Å². The minimum atomic E-state index is -2.73. The molecule has 0 spiro atoms. The Morgan fingerprint density at radius 1 is 1.12 bits per heavy atom. The Hall–Kier alpha value is -3.93. The molecule has 1 aromatic carbocycles. The molecule has 4 heterocycles. The summed E-state index contributed by atoms with van der Waals surface area (Å²) < 4.78 is 52.9. The van der Waals surface area contributed by atoms with Gasteiger partial charge in [0.15, 0.2) is 11.6 Å². The number of alkyl halides is 2. The lowest BCUT2D eigenvalue weighted by molar-refractivity contribution is 0.0473. The first-order valence-electron chi connectivity index (χ1n) is 13.3. The van der Waals surface area contributed by atoms with E-state index in [0.29, 0.717) is 18.9 Å². The number of anilines is 1. The fourth-order valence-electron chi connectivity index (χ4n) is 4.97. The van der Waals surface area contributed by atoms with Crippen LogP contribution < -0.4 is 19.7 Å². The number of benzene rings is 1. The number of rotatable bonds is 9. The monoisotopic (exact) mass is 556 g/mol. The Bertz CT molecular complexity index is 1350. The van der Waals surface area contributed by atoms with Crippen LogP contribution in [0.5, 0.6) is 17.2 Å². The Labute approximate surface area is 230 Å². The Morgan fingerprint density at radius 3 is 2.67 bits per heavy atom. The van der Waals surface area contributed by atoms with Gasteiger partial charge in [-0.1, -0.05) is 0 Å². The van der Waals surface area contributed by atoms with Crippen LogP contribution in [0.4, 0.5) is 19.0 Å². The van der Waals surface area contributed by atoms with Gasteiger partial charge in [-0.2, -0.15) is 0 Å². The number of halogens is 3. The first kappa shape index (κ1) is 27.6. The topological polar surface area (TPSA) is 92.7 Å². The molecular formula is C28H31F3N6O3. The standard InChI is InChI=1S/C28H31F3N6O3/c1-17(2)37(15-26(30)31)28(38)20-11-18(29)3-4-23(20)40-25-14-33-16-35-27(25)36-9-6-19(7-10-36)39-24-5-8-34-22-13-32-12-21(22)24/h3-5,8,11,14,16-17,19,26,32H,6-7,9-10,12-13,15H2,1-2H3. The predicted octanol–water partition coefficient (Wildman–Crippen LogP) is 4.57. The molecule has 212 valence electrons. The van der Waals surface area contributed by atoms with Gasteiger partial charge in [0.25, 0.3) is 12.3 Å². The van der Waals surface area contributed by atoms with Crippen LogP contribution in [0, 0.1) is 5.82 Å². The molecule has 12 heteroatoms. The van der Waals surface area contributed by atoms with E-state index in [-0.39, 0.29) is 23.2 Å². The molecule has 1 saturated heterocycles. The highest BCUT2D eigenvalue weighted by Crippen LogP contribution is 2.35. The number of amides is 1. The lowest BCUT2D eigenvalue weighted by Gasteiger charge is -2.33. The van der Waals surface area contributed by atoms with E-state index in [1.165, 1.54) is 18.6 Å². The Balaban J connectivity index is 1.31. The quantitative estimate of drug-likeness (QED) is 0.410. The van der Waals surface area contributed by atoms with Crippen LogP contribution in [0.3, 0.4) is 0 Å². The van der Waals surface area contributed by atoms with Crippen molar-refractivity contribution in [1.29, 1.82) is 0 Å². The third-order valence-corrected chi connectivity index (χ3v) is 7.00. The smallest absolute Gasteiger partial charge is 0.258 e. The molecule has 0 aliphatic carbocycles. The van der Waals surface area contributed by atoms with Crippen molar-refractivity contribution in [3.63, 3.8) is 0 Å². The summed E-state index contributed by atoms with van der Waals surface area (Å²) in [5, 5.41) is 3.30. The maximum Gasteiger partial charge on any atom is 0.258 e. The van der Waals surface area contributed by atoms with Crippen LogP contribution in [-0.4, -0.2) is 64.0 Å². The molecule has 0 bridgehead atoms. The third-order valence-electron chi connectivity index (χ3n) is 7.00. The lowest BCUT2D eigenvalue weighted by Crippen LogP contribution is -2.40. The van der Waals surface area contributed by atoms with Crippen LogP contribution in [0.15, 0.2) is 43.0 Å². The van der Waals surface area contributed by atoms with Crippen molar-refractivity contribution in [2.45, 2.75) is 58.3 Å². The molecule has 0 radical (unpaired) electrons. The predicted molar refractivity (Wildman–Crippen MR) is 141 cm³/mol. The van der Waals surface area contributed by atoms with Gasteiger partial charge in [-0.05, 0) is 38.1 Å². The highest BCUT2D eigenvalue weighted by Gasteiger charge is 2.28. The molecular weight excluding hydrogens is 525 g/mol. The summed E-state index contributed by atoms with van der Waals surface area (Å²) in [5.74, 6) is 0.234. The van der Waals surface area contributed by atoms with Gasteiger partial charge in [-0.25, -0.2) is 23.1 Å². The van der Waals surface area contributed by atoms with E-state index >= 15 is 0 Å². The molecule has 0 saturated carbocycles. The SMILES string of the molecule is CC(C)N(CC(F)F)C(=O)c1cc(F)ccc1Oc1cncnc1N1CCC(Oc2ccnc3c2CNC3)CC1. The van der Waals surface area contributed by atoms with E-state index in [0.717, 1.165) is 60.0 Å². The van der Waals surface area contributed by atoms with Crippen molar-refractivity contribution in [3.8, 4) is 17.2 Å². The fraction of sp³-hybridized carbons (Fsp3) is 0.429. The minimum Gasteiger partial charge on any atom is -0.490 e. The normalized spacial score (nSPS) is 15.4. The molecule has 3 aromatic rings. The van der Waals surface area contributed by atoms with Gasteiger partial charge in [-0.3, -0.25) is 9.78 Å². The number of pyridine rings is 1. The highest BCUT2D eigenvalue weighted by molar-refractivity contribution is 5.97. The number of hydrogen-bond donors (Lipinski definition) is 1. The van der Waals surface area contributed by atoms with Crippen LogP contribution in [-0.2, 0) is 13.1 Å². The molecule has 2 aliphatic heterocycles. The zero-order valence-corrected chi connectivity index (χ0v) is 22.3. The zero-order valence-electron chi connectivity index (χ0n) is 22.3. The van der Waals surface area contributed by atoms with Gasteiger partial charge in [0.05, 0.1) is 24.0 Å². The molecule has 0 unspecified atom stereocenters. The van der Waals surface area contributed by atoms with E-state index in [1.54, 1.807) is 20.0 Å². The molecule has 5 rings (SSSR count). The van der Waals surface area contributed by atoms with Crippen molar-refractivity contribution < 1.29 is 27.4 Å². The summed E-state index contributed by atoms with van der Waals surface area (Å²) in [7, 11) is 0. The summed E-state index contributed by atoms with van der Waals surface area (Å²) in [4.78, 5) is 29.1. The molecule has 2 aliphatic rings. The molecule has 1 fully saturated rings. The second-order valence-electron chi connectivity index (χ2n) is 10.0. The van der Waals surface area contributed by atoms with Crippen molar-refractivity contribution in [2.24, 2.45) is 0 Å². The number of hydrogen-bond acceptors (Lipinski definition) is 8. The molecule has 0 atom stereocenters. The number of ether oxygens (including phenoxy) is 2. The number of piperidine rings is 1. The maximum absolute atomic E-state index is 14.2. The number of nitrogens with one attached hydrogen (secondary N) is 1. The average molecular weight is 557 g/mol. The molecule has 1 N–H and O–H groups in total.